The monoisotopic (exact) mass is 265 g/mol. The number of ether oxygens (including phenoxy) is 1. The lowest BCUT2D eigenvalue weighted by molar-refractivity contribution is 0.422. The van der Waals surface area contributed by atoms with Gasteiger partial charge in [0.1, 0.15) is 0 Å². The van der Waals surface area contributed by atoms with E-state index in [9.17, 15) is 0 Å². The van der Waals surface area contributed by atoms with Crippen molar-refractivity contribution in [3.8, 4) is 5.75 Å². The minimum absolute atomic E-state index is 0.607. The number of nitrogens with one attached hydrogen (secondary N) is 1. The number of aromatic amines is 1. The first-order chi connectivity index (χ1) is 9.79. The molecule has 1 heterocycles. The molecule has 0 spiro atoms. The van der Waals surface area contributed by atoms with E-state index < -0.39 is 0 Å². The van der Waals surface area contributed by atoms with Crippen molar-refractivity contribution in [2.45, 2.75) is 0 Å². The maximum absolute atomic E-state index is 5.94. The Morgan fingerprint density at radius 3 is 2.65 bits per heavy atom. The highest BCUT2D eigenvalue weighted by atomic mass is 16.5. The Kier molecular flexibility index (Phi) is 3.13. The average Bonchev–Trinajstić information content (AvgIpc) is 2.89. The molecule has 0 saturated carbocycles. The number of nitrogens with two attached hydrogens (primary N) is 1. The number of nitrogens with zero attached hydrogens (tertiary/aromatic N) is 1. The Hall–Kier alpha value is -2.75. The number of fused-ring (bicyclic) bond motifs is 1. The van der Waals surface area contributed by atoms with Gasteiger partial charge in [0.05, 0.1) is 29.4 Å². The molecule has 0 saturated heterocycles. The molecule has 1 aromatic heterocycles. The van der Waals surface area contributed by atoms with Crippen LogP contribution in [0.15, 0.2) is 42.5 Å². The molecular formula is C16H15N3O. The van der Waals surface area contributed by atoms with Gasteiger partial charge in [-0.2, -0.15) is 5.10 Å². The zero-order chi connectivity index (χ0) is 13.9. The van der Waals surface area contributed by atoms with E-state index in [1.54, 1.807) is 7.11 Å². The van der Waals surface area contributed by atoms with E-state index in [2.05, 4.69) is 10.2 Å². The molecule has 3 rings (SSSR count). The van der Waals surface area contributed by atoms with Gasteiger partial charge in [0.15, 0.2) is 5.75 Å². The molecule has 2 aromatic carbocycles. The number of methoxy groups -OCH3 is 1. The molecule has 20 heavy (non-hydrogen) atoms. The summed E-state index contributed by atoms with van der Waals surface area (Å²) in [6.45, 7) is 0. The average molecular weight is 265 g/mol. The minimum atomic E-state index is 0.607. The summed E-state index contributed by atoms with van der Waals surface area (Å²) in [5.41, 5.74) is 9.39. The predicted molar refractivity (Wildman–Crippen MR) is 82.4 cm³/mol. The third kappa shape index (κ3) is 2.12. The van der Waals surface area contributed by atoms with Crippen molar-refractivity contribution in [2.75, 3.05) is 12.8 Å². The molecule has 3 aromatic rings. The van der Waals surface area contributed by atoms with Crippen LogP contribution in [0, 0.1) is 0 Å². The molecule has 0 radical (unpaired) electrons. The lowest BCUT2D eigenvalue weighted by atomic mass is 10.1. The van der Waals surface area contributed by atoms with Gasteiger partial charge in [-0.25, -0.2) is 0 Å². The van der Waals surface area contributed by atoms with E-state index in [0.29, 0.717) is 11.4 Å². The summed E-state index contributed by atoms with van der Waals surface area (Å²) in [5, 5.41) is 8.20. The van der Waals surface area contributed by atoms with E-state index in [-0.39, 0.29) is 0 Å². The number of hydrogen-bond donors (Lipinski definition) is 2. The van der Waals surface area contributed by atoms with Gasteiger partial charge in [-0.15, -0.1) is 0 Å². The van der Waals surface area contributed by atoms with Crippen molar-refractivity contribution >= 4 is 28.7 Å². The predicted octanol–water partition coefficient (Wildman–Crippen LogP) is 3.32. The molecule has 4 heteroatoms. The molecule has 0 aliphatic rings. The van der Waals surface area contributed by atoms with E-state index >= 15 is 0 Å². The van der Waals surface area contributed by atoms with Crippen molar-refractivity contribution in [3.63, 3.8) is 0 Å². The van der Waals surface area contributed by atoms with Gasteiger partial charge in [0.2, 0.25) is 0 Å². The van der Waals surface area contributed by atoms with Crippen molar-refractivity contribution in [1.29, 1.82) is 0 Å². The van der Waals surface area contributed by atoms with Crippen LogP contribution in [0.4, 0.5) is 5.69 Å². The highest BCUT2D eigenvalue weighted by Crippen LogP contribution is 2.33. The third-order valence-electron chi connectivity index (χ3n) is 3.18. The molecule has 0 aliphatic carbocycles. The number of aromatic nitrogens is 2. The Balaban J connectivity index is 2.08. The second-order valence-corrected chi connectivity index (χ2v) is 4.46. The molecular weight excluding hydrogens is 250 g/mol. The Morgan fingerprint density at radius 1 is 1.10 bits per heavy atom. The second kappa shape index (κ2) is 5.09. The SMILES string of the molecule is COc1c(N)ccc2[nH]nc(/C=C/c3ccccc3)c12. The van der Waals surface area contributed by atoms with Crippen LogP contribution >= 0.6 is 0 Å². The highest BCUT2D eigenvalue weighted by molar-refractivity contribution is 5.97. The molecule has 0 unspecified atom stereocenters. The van der Waals surface area contributed by atoms with Gasteiger partial charge < -0.3 is 10.5 Å². The van der Waals surface area contributed by atoms with E-state index in [4.69, 9.17) is 10.5 Å². The van der Waals surface area contributed by atoms with E-state index in [1.807, 2.05) is 54.6 Å². The van der Waals surface area contributed by atoms with Crippen LogP contribution in [0.2, 0.25) is 0 Å². The van der Waals surface area contributed by atoms with Crippen molar-refractivity contribution in [1.82, 2.24) is 10.2 Å². The smallest absolute Gasteiger partial charge is 0.153 e. The van der Waals surface area contributed by atoms with E-state index in [0.717, 1.165) is 22.2 Å². The quantitative estimate of drug-likeness (QED) is 0.714. The van der Waals surface area contributed by atoms with Crippen LogP contribution in [0.25, 0.3) is 23.1 Å². The summed E-state index contributed by atoms with van der Waals surface area (Å²) < 4.78 is 5.39. The number of H-pyrrole nitrogens is 1. The summed E-state index contributed by atoms with van der Waals surface area (Å²) in [5.74, 6) is 0.656. The number of anilines is 1. The van der Waals surface area contributed by atoms with Crippen LogP contribution in [0.3, 0.4) is 0 Å². The van der Waals surface area contributed by atoms with Gasteiger partial charge in [-0.3, -0.25) is 5.10 Å². The van der Waals surface area contributed by atoms with Gasteiger partial charge in [-0.05, 0) is 23.8 Å². The van der Waals surface area contributed by atoms with Gasteiger partial charge in [0.25, 0.3) is 0 Å². The maximum Gasteiger partial charge on any atom is 0.153 e. The standard InChI is InChI=1S/C16H15N3O/c1-20-16-12(17)8-10-14-15(16)13(18-19-14)9-7-11-5-3-2-4-6-11/h2-10H,17H2,1H3,(H,18,19)/b9-7+. The van der Waals surface area contributed by atoms with Crippen LogP contribution in [0.1, 0.15) is 11.3 Å². The van der Waals surface area contributed by atoms with E-state index in [1.165, 1.54) is 0 Å². The molecule has 4 nitrogen and oxygen atoms in total. The summed E-state index contributed by atoms with van der Waals surface area (Å²) >= 11 is 0. The molecule has 0 fully saturated rings. The largest absolute Gasteiger partial charge is 0.494 e. The number of hydrogen-bond acceptors (Lipinski definition) is 3. The number of benzene rings is 2. The van der Waals surface area contributed by atoms with Gasteiger partial charge in [0, 0.05) is 0 Å². The zero-order valence-corrected chi connectivity index (χ0v) is 11.1. The summed E-state index contributed by atoms with van der Waals surface area (Å²) in [6.07, 6.45) is 3.97. The highest BCUT2D eigenvalue weighted by Gasteiger charge is 2.11. The fourth-order valence-electron chi connectivity index (χ4n) is 2.20. The van der Waals surface area contributed by atoms with Gasteiger partial charge in [-0.1, -0.05) is 36.4 Å². The third-order valence-corrected chi connectivity index (χ3v) is 3.18. The van der Waals surface area contributed by atoms with Crippen molar-refractivity contribution in [2.24, 2.45) is 0 Å². The lowest BCUT2D eigenvalue weighted by Gasteiger charge is -2.05. The molecule has 0 aliphatic heterocycles. The first-order valence-corrected chi connectivity index (χ1v) is 6.33. The maximum atomic E-state index is 5.94. The van der Waals surface area contributed by atoms with Crippen LogP contribution in [0.5, 0.6) is 5.75 Å². The first kappa shape index (κ1) is 12.3. The lowest BCUT2D eigenvalue weighted by Crippen LogP contribution is -1.92. The van der Waals surface area contributed by atoms with Crippen molar-refractivity contribution < 1.29 is 4.74 Å². The normalized spacial score (nSPS) is 11.2. The fraction of sp³-hybridized carbons (Fsp3) is 0.0625. The summed E-state index contributed by atoms with van der Waals surface area (Å²) in [6, 6.07) is 13.8. The molecule has 3 N–H and O–H groups in total. The first-order valence-electron chi connectivity index (χ1n) is 6.33. The second-order valence-electron chi connectivity index (χ2n) is 4.46. The Labute approximate surface area is 116 Å². The van der Waals surface area contributed by atoms with Crippen LogP contribution < -0.4 is 10.5 Å². The molecule has 0 amide bonds. The van der Waals surface area contributed by atoms with Crippen LogP contribution in [-0.2, 0) is 0 Å². The van der Waals surface area contributed by atoms with Crippen LogP contribution in [-0.4, -0.2) is 17.3 Å². The summed E-state index contributed by atoms with van der Waals surface area (Å²) in [7, 11) is 1.61. The Bertz CT molecular complexity index is 760. The molecule has 0 bridgehead atoms. The Morgan fingerprint density at radius 2 is 1.90 bits per heavy atom. The minimum Gasteiger partial charge on any atom is -0.494 e. The molecule has 100 valence electrons. The van der Waals surface area contributed by atoms with Gasteiger partial charge >= 0.3 is 0 Å². The summed E-state index contributed by atoms with van der Waals surface area (Å²) in [4.78, 5) is 0. The van der Waals surface area contributed by atoms with Crippen molar-refractivity contribution in [3.05, 3.63) is 53.7 Å². The topological polar surface area (TPSA) is 63.9 Å². The zero-order valence-electron chi connectivity index (χ0n) is 11.1. The number of rotatable bonds is 3. The fourth-order valence-corrected chi connectivity index (χ4v) is 2.20. The molecule has 0 atom stereocenters. The number of nitrogen functional groups attached to an aromatic ring is 1.